The number of benzene rings is 2. The standard InChI is InChI=1S/C33H34Cl2F5N3O9S/c1-53(46,47)43(9-8-41-10-12-48-13-11-41)26-14-22(5-6-27(26)52-33(38,39)40)31(44)50-29(16-23-24(34)17-42(45)18-25(23)35)21-4-7-28(51-32(36)37)30(15-21)49-19-20-2-3-20/h4-7,14-15,17-18,20,29,32H,2-3,8-13,16,19H2,1H3/t29-/m0/s1. The number of rotatable bonds is 16. The molecule has 1 atom stereocenters. The first-order valence-electron chi connectivity index (χ1n) is 16.1. The molecule has 0 unspecified atom stereocenters. The average molecular weight is 815 g/mol. The van der Waals surface area contributed by atoms with E-state index in [1.807, 2.05) is 4.90 Å². The Bertz CT molecular complexity index is 1860. The molecule has 2 heterocycles. The second-order valence-corrected chi connectivity index (χ2v) is 15.0. The van der Waals surface area contributed by atoms with Crippen molar-refractivity contribution in [1.29, 1.82) is 0 Å². The highest BCUT2D eigenvalue weighted by Gasteiger charge is 2.35. The number of hydrogen-bond donors (Lipinski definition) is 0. The fraction of sp³-hybridized carbons (Fsp3) is 0.455. The van der Waals surface area contributed by atoms with Crippen LogP contribution in [-0.2, 0) is 25.9 Å². The number of hydrogen-bond acceptors (Lipinski definition) is 10. The molecule has 0 amide bonds. The summed E-state index contributed by atoms with van der Waals surface area (Å²) in [4.78, 5) is 15.7. The Kier molecular flexibility index (Phi) is 13.0. The van der Waals surface area contributed by atoms with Gasteiger partial charge in [-0.15, -0.1) is 13.2 Å². The predicted molar refractivity (Wildman–Crippen MR) is 181 cm³/mol. The summed E-state index contributed by atoms with van der Waals surface area (Å²) in [5.74, 6) is -2.18. The molecule has 3 aromatic rings. The zero-order valence-corrected chi connectivity index (χ0v) is 30.3. The van der Waals surface area contributed by atoms with Gasteiger partial charge in [-0.3, -0.25) is 9.21 Å². The van der Waals surface area contributed by atoms with Crippen LogP contribution in [0.2, 0.25) is 10.0 Å². The van der Waals surface area contributed by atoms with E-state index >= 15 is 0 Å². The summed E-state index contributed by atoms with van der Waals surface area (Å²) in [5, 5.41) is 11.7. The molecule has 12 nitrogen and oxygen atoms in total. The Hall–Kier alpha value is -3.84. The maximum atomic E-state index is 13.8. The van der Waals surface area contributed by atoms with E-state index in [2.05, 4.69) is 9.47 Å². The highest BCUT2D eigenvalue weighted by Crippen LogP contribution is 2.39. The first kappa shape index (κ1) is 40.3. The van der Waals surface area contributed by atoms with Gasteiger partial charge in [0.05, 0.1) is 37.3 Å². The van der Waals surface area contributed by atoms with Crippen molar-refractivity contribution < 1.29 is 63.6 Å². The van der Waals surface area contributed by atoms with Gasteiger partial charge in [0.1, 0.15) is 16.1 Å². The average Bonchev–Trinajstić information content (AvgIpc) is 3.90. The van der Waals surface area contributed by atoms with E-state index in [9.17, 15) is 40.4 Å². The Morgan fingerprint density at radius 3 is 2.32 bits per heavy atom. The number of carbonyl (C=O) groups is 1. The molecule has 2 fully saturated rings. The Morgan fingerprint density at radius 1 is 1.06 bits per heavy atom. The highest BCUT2D eigenvalue weighted by molar-refractivity contribution is 7.92. The molecular weight excluding hydrogens is 780 g/mol. The molecule has 0 spiro atoms. The minimum absolute atomic E-state index is 0.0848. The third-order valence-electron chi connectivity index (χ3n) is 8.24. The summed E-state index contributed by atoms with van der Waals surface area (Å²) >= 11 is 12.7. The smallest absolute Gasteiger partial charge is 0.573 e. The van der Waals surface area contributed by atoms with Gasteiger partial charge in [-0.25, -0.2) is 13.2 Å². The molecule has 1 saturated heterocycles. The molecule has 0 N–H and O–H groups in total. The van der Waals surface area contributed by atoms with Crippen molar-refractivity contribution in [2.75, 3.05) is 56.6 Å². The number of halogens is 7. The van der Waals surface area contributed by atoms with E-state index < -0.39 is 46.5 Å². The highest BCUT2D eigenvalue weighted by atomic mass is 35.5. The molecule has 53 heavy (non-hydrogen) atoms. The summed E-state index contributed by atoms with van der Waals surface area (Å²) in [5.41, 5.74) is -0.614. The zero-order chi connectivity index (χ0) is 38.5. The van der Waals surface area contributed by atoms with Crippen molar-refractivity contribution in [2.45, 2.75) is 38.3 Å². The number of anilines is 1. The van der Waals surface area contributed by atoms with Crippen molar-refractivity contribution in [3.8, 4) is 17.2 Å². The predicted octanol–water partition coefficient (Wildman–Crippen LogP) is 6.15. The lowest BCUT2D eigenvalue weighted by molar-refractivity contribution is -0.605. The third-order valence-corrected chi connectivity index (χ3v) is 10.1. The van der Waals surface area contributed by atoms with Gasteiger partial charge in [0.2, 0.25) is 10.0 Å². The van der Waals surface area contributed by atoms with Gasteiger partial charge in [0.25, 0.3) is 0 Å². The summed E-state index contributed by atoms with van der Waals surface area (Å²) in [6, 6.07) is 6.47. The van der Waals surface area contributed by atoms with Crippen molar-refractivity contribution >= 4 is 44.9 Å². The lowest BCUT2D eigenvalue weighted by Gasteiger charge is -2.31. The second kappa shape index (κ2) is 17.1. The van der Waals surface area contributed by atoms with Gasteiger partial charge in [-0.2, -0.15) is 13.5 Å². The topological polar surface area (TPSA) is 131 Å². The van der Waals surface area contributed by atoms with Crippen LogP contribution in [0.1, 0.15) is 40.4 Å². The van der Waals surface area contributed by atoms with E-state index in [1.54, 1.807) is 0 Å². The normalized spacial score (nSPS) is 15.9. The number of pyridine rings is 1. The van der Waals surface area contributed by atoms with Gasteiger partial charge in [0, 0.05) is 38.2 Å². The van der Waals surface area contributed by atoms with Gasteiger partial charge in [-0.05, 0) is 54.7 Å². The third kappa shape index (κ3) is 11.6. The minimum Gasteiger partial charge on any atom is -0.619 e. The Morgan fingerprint density at radius 2 is 1.72 bits per heavy atom. The number of morpholine rings is 1. The van der Waals surface area contributed by atoms with E-state index in [1.165, 1.54) is 18.2 Å². The van der Waals surface area contributed by atoms with Crippen LogP contribution < -0.4 is 23.2 Å². The van der Waals surface area contributed by atoms with Crippen LogP contribution in [0.15, 0.2) is 48.8 Å². The van der Waals surface area contributed by atoms with Crippen molar-refractivity contribution in [3.05, 3.63) is 80.7 Å². The summed E-state index contributed by atoms with van der Waals surface area (Å²) < 4.78 is 120. The number of aromatic nitrogens is 1. The largest absolute Gasteiger partial charge is 0.619 e. The van der Waals surface area contributed by atoms with Gasteiger partial charge in [-0.1, -0.05) is 29.3 Å². The lowest BCUT2D eigenvalue weighted by Crippen LogP contribution is -2.43. The van der Waals surface area contributed by atoms with Gasteiger partial charge >= 0.3 is 18.9 Å². The minimum atomic E-state index is -5.22. The number of esters is 1. The fourth-order valence-corrected chi connectivity index (χ4v) is 6.94. The fourth-order valence-electron chi connectivity index (χ4n) is 5.43. The molecule has 1 aliphatic heterocycles. The van der Waals surface area contributed by atoms with Crippen LogP contribution >= 0.6 is 23.2 Å². The van der Waals surface area contributed by atoms with Crippen LogP contribution in [0.25, 0.3) is 0 Å². The van der Waals surface area contributed by atoms with Gasteiger partial charge < -0.3 is 28.9 Å². The van der Waals surface area contributed by atoms with E-state index in [0.717, 1.165) is 49.7 Å². The molecule has 1 aliphatic carbocycles. The lowest BCUT2D eigenvalue weighted by atomic mass is 10.0. The van der Waals surface area contributed by atoms with Crippen LogP contribution in [0.5, 0.6) is 17.2 Å². The summed E-state index contributed by atoms with van der Waals surface area (Å²) in [6.07, 6.45) is -2.24. The number of carbonyl (C=O) groups excluding carboxylic acids is 1. The SMILES string of the molecule is CS(=O)(=O)N(CCN1CCOCC1)c1cc(C(=O)O[C@@H](Cc2c(Cl)c[n+]([O-])cc2Cl)c2ccc(OC(F)F)c(OCC3CC3)c2)ccc1OC(F)(F)F. The maximum Gasteiger partial charge on any atom is 0.573 e. The van der Waals surface area contributed by atoms with Crippen LogP contribution in [0.3, 0.4) is 0 Å². The van der Waals surface area contributed by atoms with Crippen LogP contribution in [-0.4, -0.2) is 84.5 Å². The molecule has 20 heteroatoms. The Balaban J connectivity index is 1.52. The van der Waals surface area contributed by atoms with E-state index in [-0.39, 0.29) is 70.3 Å². The quantitative estimate of drug-likeness (QED) is 0.0718. The molecule has 290 valence electrons. The van der Waals surface area contributed by atoms with E-state index in [0.29, 0.717) is 35.3 Å². The summed E-state index contributed by atoms with van der Waals surface area (Å²) in [7, 11) is -4.24. The van der Waals surface area contributed by atoms with Crippen molar-refractivity contribution in [2.24, 2.45) is 5.92 Å². The molecule has 2 aliphatic rings. The molecule has 5 rings (SSSR count). The van der Waals surface area contributed by atoms with Crippen molar-refractivity contribution in [1.82, 2.24) is 4.90 Å². The molecule has 1 aromatic heterocycles. The molecule has 0 bridgehead atoms. The first-order valence-corrected chi connectivity index (χ1v) is 18.7. The number of nitrogens with zero attached hydrogens (tertiary/aromatic N) is 3. The Labute approximate surface area is 311 Å². The molecule has 0 radical (unpaired) electrons. The van der Waals surface area contributed by atoms with Gasteiger partial charge in [0.15, 0.2) is 29.6 Å². The number of ether oxygens (including phenoxy) is 5. The van der Waals surface area contributed by atoms with E-state index in [4.69, 9.17) is 37.4 Å². The molecular formula is C33H34Cl2F5N3O9S. The first-order chi connectivity index (χ1) is 25.0. The second-order valence-electron chi connectivity index (χ2n) is 12.2. The number of alkyl halides is 5. The number of sulfonamides is 1. The molecule has 1 saturated carbocycles. The summed E-state index contributed by atoms with van der Waals surface area (Å²) in [6.45, 7) is -1.46. The molecule has 2 aromatic carbocycles. The van der Waals surface area contributed by atoms with Crippen LogP contribution in [0, 0.1) is 11.1 Å². The van der Waals surface area contributed by atoms with Crippen molar-refractivity contribution in [3.63, 3.8) is 0 Å². The zero-order valence-electron chi connectivity index (χ0n) is 28.0. The maximum absolute atomic E-state index is 13.8. The monoisotopic (exact) mass is 813 g/mol. The van der Waals surface area contributed by atoms with Crippen LogP contribution in [0.4, 0.5) is 27.6 Å².